The number of pyridine rings is 1. The Bertz CT molecular complexity index is 1340. The zero-order valence-electron chi connectivity index (χ0n) is 19.1. The number of anilines is 1. The Labute approximate surface area is 199 Å². The van der Waals surface area contributed by atoms with Crippen LogP contribution in [0.5, 0.6) is 5.88 Å². The van der Waals surface area contributed by atoms with Gasteiger partial charge in [-0.15, -0.1) is 0 Å². The zero-order chi connectivity index (χ0) is 25.1. The highest BCUT2D eigenvalue weighted by atomic mass is 19.1. The third-order valence-electron chi connectivity index (χ3n) is 5.18. The summed E-state index contributed by atoms with van der Waals surface area (Å²) in [4.78, 5) is 35.1. The molecule has 180 valence electrons. The maximum absolute atomic E-state index is 14.3. The van der Waals surface area contributed by atoms with E-state index in [1.165, 1.54) is 31.5 Å². The van der Waals surface area contributed by atoms with Crippen LogP contribution in [0.15, 0.2) is 61.2 Å². The number of benzene rings is 1. The van der Waals surface area contributed by atoms with E-state index in [0.29, 0.717) is 23.3 Å². The van der Waals surface area contributed by atoms with Gasteiger partial charge in [0, 0.05) is 24.5 Å². The average molecular weight is 480 g/mol. The lowest BCUT2D eigenvalue weighted by atomic mass is 10.2. The molecule has 0 saturated carbocycles. The number of hydrazine groups is 1. The molecule has 4 rings (SSSR count). The number of urea groups is 1. The van der Waals surface area contributed by atoms with Crippen molar-refractivity contribution in [2.24, 2.45) is 0 Å². The summed E-state index contributed by atoms with van der Waals surface area (Å²) in [5, 5.41) is 0.925. The third kappa shape index (κ3) is 5.03. The number of aromatic nitrogens is 3. The van der Waals surface area contributed by atoms with Crippen molar-refractivity contribution in [3.8, 4) is 11.6 Å². The first-order valence-electron chi connectivity index (χ1n) is 10.6. The van der Waals surface area contributed by atoms with Crippen molar-refractivity contribution in [2.75, 3.05) is 12.0 Å². The van der Waals surface area contributed by atoms with E-state index in [2.05, 4.69) is 15.4 Å². The average Bonchev–Trinajstić information content (AvgIpc) is 3.26. The number of hydrogen-bond donors (Lipinski definition) is 1. The van der Waals surface area contributed by atoms with Gasteiger partial charge in [-0.05, 0) is 50.3 Å². The summed E-state index contributed by atoms with van der Waals surface area (Å²) in [5.41, 5.74) is 4.28. The van der Waals surface area contributed by atoms with Crippen LogP contribution in [-0.2, 0) is 4.79 Å². The predicted octanol–water partition coefficient (Wildman–Crippen LogP) is 3.75. The van der Waals surface area contributed by atoms with Crippen molar-refractivity contribution in [1.82, 2.24) is 25.0 Å². The molecule has 35 heavy (non-hydrogen) atoms. The van der Waals surface area contributed by atoms with Crippen LogP contribution in [-0.4, -0.2) is 44.6 Å². The smallest absolute Gasteiger partial charge is 0.348 e. The molecule has 3 heterocycles. The lowest BCUT2D eigenvalue weighted by Crippen LogP contribution is -2.54. The van der Waals surface area contributed by atoms with Crippen LogP contribution in [0.3, 0.4) is 0 Å². The summed E-state index contributed by atoms with van der Waals surface area (Å²) in [6, 6.07) is 5.18. The molecule has 0 saturated heterocycles. The fraction of sp³-hybridized carbons (Fsp3) is 0.167. The molecule has 9 nitrogen and oxygen atoms in total. The zero-order valence-corrected chi connectivity index (χ0v) is 19.1. The lowest BCUT2D eigenvalue weighted by molar-refractivity contribution is -0.119. The SMILES string of the molecule is COc1nc(C=CC(=O)NN2C=CC(C)N(c3ccc(F)cc3F)C2=O)ccc1-n1cnc(C)c1. The number of nitrogens with zero attached hydrogens (tertiary/aromatic N) is 5. The van der Waals surface area contributed by atoms with Gasteiger partial charge < -0.3 is 9.30 Å². The molecule has 0 radical (unpaired) electrons. The fourth-order valence-corrected chi connectivity index (χ4v) is 3.49. The van der Waals surface area contributed by atoms with Crippen LogP contribution in [0, 0.1) is 18.6 Å². The summed E-state index contributed by atoms with van der Waals surface area (Å²) in [6.45, 7) is 3.54. The van der Waals surface area contributed by atoms with Crippen molar-refractivity contribution in [1.29, 1.82) is 0 Å². The minimum atomic E-state index is -0.888. The molecule has 0 spiro atoms. The Morgan fingerprint density at radius 3 is 2.66 bits per heavy atom. The minimum absolute atomic E-state index is 0.104. The minimum Gasteiger partial charge on any atom is -0.479 e. The molecular weight excluding hydrogens is 458 g/mol. The quantitative estimate of drug-likeness (QED) is 0.543. The van der Waals surface area contributed by atoms with Crippen LogP contribution in [0.1, 0.15) is 18.3 Å². The second-order valence-corrected chi connectivity index (χ2v) is 7.70. The molecule has 0 bridgehead atoms. The topological polar surface area (TPSA) is 92.6 Å². The monoisotopic (exact) mass is 480 g/mol. The van der Waals surface area contributed by atoms with Gasteiger partial charge in [-0.1, -0.05) is 0 Å². The number of carbonyl (C=O) groups excluding carboxylic acids is 2. The van der Waals surface area contributed by atoms with E-state index in [9.17, 15) is 18.4 Å². The second-order valence-electron chi connectivity index (χ2n) is 7.70. The largest absolute Gasteiger partial charge is 0.479 e. The first kappa shape index (κ1) is 23.6. The van der Waals surface area contributed by atoms with E-state index in [-0.39, 0.29) is 5.69 Å². The van der Waals surface area contributed by atoms with Gasteiger partial charge in [0.1, 0.15) is 17.3 Å². The molecule has 1 aromatic carbocycles. The number of ether oxygens (including phenoxy) is 1. The van der Waals surface area contributed by atoms with Crippen molar-refractivity contribution < 1.29 is 23.1 Å². The Balaban J connectivity index is 1.47. The number of hydrogen-bond acceptors (Lipinski definition) is 5. The van der Waals surface area contributed by atoms with Crippen molar-refractivity contribution in [2.45, 2.75) is 19.9 Å². The van der Waals surface area contributed by atoms with Gasteiger partial charge in [0.2, 0.25) is 5.88 Å². The number of nitrogens with one attached hydrogen (secondary N) is 1. The van der Waals surface area contributed by atoms with E-state index < -0.39 is 29.6 Å². The van der Waals surface area contributed by atoms with Gasteiger partial charge in [-0.25, -0.2) is 28.6 Å². The van der Waals surface area contributed by atoms with Crippen LogP contribution in [0.2, 0.25) is 0 Å². The molecule has 1 unspecified atom stereocenters. The summed E-state index contributed by atoms with van der Waals surface area (Å²) >= 11 is 0. The molecule has 1 N–H and O–H groups in total. The molecule has 1 aliphatic rings. The maximum atomic E-state index is 14.3. The third-order valence-corrected chi connectivity index (χ3v) is 5.18. The number of carbonyl (C=O) groups is 2. The number of imidazole rings is 1. The molecule has 11 heteroatoms. The Hall–Kier alpha value is -4.54. The highest BCUT2D eigenvalue weighted by Crippen LogP contribution is 2.26. The molecule has 0 fully saturated rings. The highest BCUT2D eigenvalue weighted by Gasteiger charge is 2.31. The summed E-state index contributed by atoms with van der Waals surface area (Å²) in [5.74, 6) is -1.93. The lowest BCUT2D eigenvalue weighted by Gasteiger charge is -2.35. The Morgan fingerprint density at radius 2 is 1.97 bits per heavy atom. The van der Waals surface area contributed by atoms with Crippen LogP contribution in [0.4, 0.5) is 19.3 Å². The molecular formula is C24H22F2N6O3. The fourth-order valence-electron chi connectivity index (χ4n) is 3.49. The number of halogens is 2. The van der Waals surface area contributed by atoms with Gasteiger partial charge in [-0.2, -0.15) is 0 Å². The summed E-state index contributed by atoms with van der Waals surface area (Å²) in [7, 11) is 1.49. The maximum Gasteiger partial charge on any atom is 0.348 e. The number of aryl methyl sites for hydroxylation is 1. The molecule has 3 aromatic rings. The second kappa shape index (κ2) is 9.75. The summed E-state index contributed by atoms with van der Waals surface area (Å²) < 4.78 is 34.7. The molecule has 3 amide bonds. The van der Waals surface area contributed by atoms with E-state index in [1.54, 1.807) is 36.0 Å². The Morgan fingerprint density at radius 1 is 1.20 bits per heavy atom. The molecule has 1 aliphatic heterocycles. The number of rotatable bonds is 6. The predicted molar refractivity (Wildman–Crippen MR) is 124 cm³/mol. The first-order chi connectivity index (χ1) is 16.8. The van der Waals surface area contributed by atoms with E-state index >= 15 is 0 Å². The highest BCUT2D eigenvalue weighted by molar-refractivity contribution is 5.98. The summed E-state index contributed by atoms with van der Waals surface area (Å²) in [6.07, 6.45) is 9.09. The van der Waals surface area contributed by atoms with E-state index in [1.807, 2.05) is 13.1 Å². The van der Waals surface area contributed by atoms with Crippen LogP contribution in [0.25, 0.3) is 11.8 Å². The van der Waals surface area contributed by atoms with Gasteiger partial charge in [-0.3, -0.25) is 15.1 Å². The van der Waals surface area contributed by atoms with Crippen molar-refractivity contribution >= 4 is 23.7 Å². The standard InChI is InChI=1S/C24H22F2N6O3/c1-15-13-30(14-27-15)21-8-5-18(28-23(21)35-3)6-9-22(33)29-31-11-10-16(2)32(24(31)34)20-7-4-17(25)12-19(20)26/h4-14,16H,1-3H3,(H,29,33). The molecule has 1 atom stereocenters. The number of methoxy groups -OCH3 is 1. The molecule has 2 aromatic heterocycles. The van der Waals surface area contributed by atoms with Crippen molar-refractivity contribution in [3.63, 3.8) is 0 Å². The van der Waals surface area contributed by atoms with Gasteiger partial charge in [0.05, 0.1) is 36.6 Å². The number of amides is 3. The van der Waals surface area contributed by atoms with Crippen LogP contribution < -0.4 is 15.1 Å². The first-order valence-corrected chi connectivity index (χ1v) is 10.6. The Kier molecular flexibility index (Phi) is 6.58. The van der Waals surface area contributed by atoms with Gasteiger partial charge in [0.25, 0.3) is 5.91 Å². The van der Waals surface area contributed by atoms with Gasteiger partial charge >= 0.3 is 6.03 Å². The molecule has 0 aliphatic carbocycles. The normalized spacial score (nSPS) is 15.7. The van der Waals surface area contributed by atoms with Gasteiger partial charge in [0.15, 0.2) is 0 Å². The van der Waals surface area contributed by atoms with E-state index in [0.717, 1.165) is 21.7 Å². The van der Waals surface area contributed by atoms with Crippen LogP contribution >= 0.6 is 0 Å². The van der Waals surface area contributed by atoms with E-state index in [4.69, 9.17) is 4.74 Å². The van der Waals surface area contributed by atoms with Crippen molar-refractivity contribution in [3.05, 3.63) is 84.2 Å².